The van der Waals surface area contributed by atoms with E-state index in [1.807, 2.05) is 11.0 Å². The largest absolute Gasteiger partial charge is 0.342 e. The molecule has 0 saturated carbocycles. The second-order valence-corrected chi connectivity index (χ2v) is 11.0. The summed E-state index contributed by atoms with van der Waals surface area (Å²) in [5.74, 6) is 0.173. The van der Waals surface area contributed by atoms with Crippen molar-refractivity contribution in [1.82, 2.24) is 9.21 Å². The van der Waals surface area contributed by atoms with Crippen molar-refractivity contribution < 1.29 is 17.6 Å². The molecule has 2 aromatic rings. The highest BCUT2D eigenvalue weighted by Crippen LogP contribution is 2.27. The van der Waals surface area contributed by atoms with Gasteiger partial charge >= 0.3 is 0 Å². The van der Waals surface area contributed by atoms with Crippen LogP contribution in [-0.4, -0.2) is 49.7 Å². The monoisotopic (exact) mass is 458 g/mol. The maximum Gasteiger partial charge on any atom is 0.225 e. The van der Waals surface area contributed by atoms with Gasteiger partial charge in [-0.25, -0.2) is 17.1 Å². The molecule has 0 aliphatic carbocycles. The van der Waals surface area contributed by atoms with Crippen molar-refractivity contribution in [1.29, 1.82) is 0 Å². The Kier molecular flexibility index (Phi) is 7.26. The molecular formula is C25H31FN2O3S. The van der Waals surface area contributed by atoms with Crippen molar-refractivity contribution in [2.75, 3.05) is 26.2 Å². The summed E-state index contributed by atoms with van der Waals surface area (Å²) in [5, 5.41) is 0. The van der Waals surface area contributed by atoms with Crippen LogP contribution in [0.5, 0.6) is 0 Å². The number of amides is 1. The molecule has 172 valence electrons. The van der Waals surface area contributed by atoms with E-state index in [1.54, 1.807) is 0 Å². The smallest absolute Gasteiger partial charge is 0.225 e. The lowest BCUT2D eigenvalue weighted by molar-refractivity contribution is -0.138. The molecule has 2 heterocycles. The zero-order valence-corrected chi connectivity index (χ0v) is 19.1. The van der Waals surface area contributed by atoms with Crippen molar-refractivity contribution in [3.8, 4) is 0 Å². The number of rotatable bonds is 6. The van der Waals surface area contributed by atoms with Crippen LogP contribution in [0.3, 0.4) is 0 Å². The Morgan fingerprint density at radius 1 is 0.844 bits per heavy atom. The van der Waals surface area contributed by atoms with Gasteiger partial charge in [-0.2, -0.15) is 0 Å². The third-order valence-electron chi connectivity index (χ3n) is 6.75. The van der Waals surface area contributed by atoms with Crippen LogP contribution in [0.4, 0.5) is 4.39 Å². The minimum Gasteiger partial charge on any atom is -0.342 e. The van der Waals surface area contributed by atoms with Gasteiger partial charge in [0.05, 0.1) is 5.75 Å². The SMILES string of the molecule is O=C(C1CCN(S(=O)(=O)Cc2ccc(F)cc2)CC1)N1CCC(Cc2ccccc2)CC1. The van der Waals surface area contributed by atoms with E-state index >= 15 is 0 Å². The van der Waals surface area contributed by atoms with Crippen LogP contribution in [0.25, 0.3) is 0 Å². The van der Waals surface area contributed by atoms with Gasteiger partial charge in [0, 0.05) is 32.1 Å². The van der Waals surface area contributed by atoms with Crippen molar-refractivity contribution >= 4 is 15.9 Å². The fraction of sp³-hybridized carbons (Fsp3) is 0.480. The highest BCUT2D eigenvalue weighted by molar-refractivity contribution is 7.88. The van der Waals surface area contributed by atoms with E-state index in [-0.39, 0.29) is 23.4 Å². The maximum absolute atomic E-state index is 13.1. The third-order valence-corrected chi connectivity index (χ3v) is 8.60. The number of nitrogens with zero attached hydrogens (tertiary/aromatic N) is 2. The number of hydrogen-bond donors (Lipinski definition) is 0. The van der Waals surface area contributed by atoms with Crippen LogP contribution in [0, 0.1) is 17.7 Å². The lowest BCUT2D eigenvalue weighted by Gasteiger charge is -2.37. The molecule has 1 amide bonds. The average molecular weight is 459 g/mol. The van der Waals surface area contributed by atoms with Crippen LogP contribution in [0.2, 0.25) is 0 Å². The molecule has 2 aliphatic rings. The number of carbonyl (C=O) groups excluding carboxylic acids is 1. The maximum atomic E-state index is 13.1. The first kappa shape index (κ1) is 22.9. The number of likely N-dealkylation sites (tertiary alicyclic amines) is 1. The van der Waals surface area contributed by atoms with Crippen molar-refractivity contribution in [3.05, 3.63) is 71.5 Å². The molecule has 0 bridgehead atoms. The van der Waals surface area contributed by atoms with Gasteiger partial charge in [-0.15, -0.1) is 0 Å². The van der Waals surface area contributed by atoms with E-state index in [1.165, 1.54) is 34.1 Å². The lowest BCUT2D eigenvalue weighted by Crippen LogP contribution is -2.46. The van der Waals surface area contributed by atoms with Crippen molar-refractivity contribution in [2.24, 2.45) is 11.8 Å². The topological polar surface area (TPSA) is 57.7 Å². The second-order valence-electron chi connectivity index (χ2n) is 9.01. The fourth-order valence-corrected chi connectivity index (χ4v) is 6.39. The number of benzene rings is 2. The van der Waals surface area contributed by atoms with E-state index in [2.05, 4.69) is 24.3 Å². The van der Waals surface area contributed by atoms with Crippen LogP contribution in [-0.2, 0) is 27.0 Å². The van der Waals surface area contributed by atoms with E-state index in [9.17, 15) is 17.6 Å². The second kappa shape index (κ2) is 10.1. The van der Waals surface area contributed by atoms with Gasteiger partial charge < -0.3 is 4.90 Å². The molecule has 5 nitrogen and oxygen atoms in total. The Morgan fingerprint density at radius 2 is 1.47 bits per heavy atom. The van der Waals surface area contributed by atoms with E-state index in [4.69, 9.17) is 0 Å². The summed E-state index contributed by atoms with van der Waals surface area (Å²) in [4.78, 5) is 15.0. The Balaban J connectivity index is 1.24. The van der Waals surface area contributed by atoms with Crippen LogP contribution < -0.4 is 0 Å². The fourth-order valence-electron chi connectivity index (χ4n) is 4.83. The molecule has 32 heavy (non-hydrogen) atoms. The number of halogens is 1. The van der Waals surface area contributed by atoms with Crippen LogP contribution in [0.1, 0.15) is 36.8 Å². The van der Waals surface area contributed by atoms with E-state index in [0.29, 0.717) is 37.4 Å². The predicted octanol–water partition coefficient (Wildman–Crippen LogP) is 3.85. The van der Waals surface area contributed by atoms with Gasteiger partial charge in [0.2, 0.25) is 15.9 Å². The first-order valence-corrected chi connectivity index (χ1v) is 13.1. The molecule has 7 heteroatoms. The number of sulfonamides is 1. The summed E-state index contributed by atoms with van der Waals surface area (Å²) < 4.78 is 40.0. The standard InChI is InChI=1S/C25H31FN2O3S/c26-24-8-6-22(7-9-24)19-32(30,31)28-16-12-23(13-17-28)25(29)27-14-10-21(11-15-27)18-20-4-2-1-3-5-20/h1-9,21,23H,10-19H2. The summed E-state index contributed by atoms with van der Waals surface area (Å²) in [6.07, 6.45) is 4.22. The van der Waals surface area contributed by atoms with Crippen molar-refractivity contribution in [2.45, 2.75) is 37.9 Å². The summed E-state index contributed by atoms with van der Waals surface area (Å²) >= 11 is 0. The molecule has 0 N–H and O–H groups in total. The van der Waals surface area contributed by atoms with Gasteiger partial charge in [-0.1, -0.05) is 42.5 Å². The van der Waals surface area contributed by atoms with Gasteiger partial charge in [0.1, 0.15) is 5.82 Å². The normalized spacial score (nSPS) is 19.2. The highest BCUT2D eigenvalue weighted by Gasteiger charge is 2.34. The Labute approximate surface area is 190 Å². The summed E-state index contributed by atoms with van der Waals surface area (Å²) in [6.45, 7) is 2.31. The number of piperidine rings is 2. The third kappa shape index (κ3) is 5.75. The zero-order chi connectivity index (χ0) is 22.6. The van der Waals surface area contributed by atoms with Crippen LogP contribution in [0.15, 0.2) is 54.6 Å². The average Bonchev–Trinajstić information content (AvgIpc) is 2.81. The molecule has 0 radical (unpaired) electrons. The quantitative estimate of drug-likeness (QED) is 0.661. The molecule has 2 fully saturated rings. The molecule has 2 aliphatic heterocycles. The summed E-state index contributed by atoms with van der Waals surface area (Å²) in [7, 11) is -3.47. The number of hydrogen-bond acceptors (Lipinski definition) is 3. The van der Waals surface area contributed by atoms with Gasteiger partial charge in [-0.05, 0) is 61.3 Å². The molecular weight excluding hydrogens is 427 g/mol. The first-order chi connectivity index (χ1) is 15.4. The van der Waals surface area contributed by atoms with Crippen molar-refractivity contribution in [3.63, 3.8) is 0 Å². The predicted molar refractivity (Wildman–Crippen MR) is 123 cm³/mol. The van der Waals surface area contributed by atoms with E-state index in [0.717, 1.165) is 32.4 Å². The van der Waals surface area contributed by atoms with Gasteiger partial charge in [0.25, 0.3) is 0 Å². The molecule has 0 atom stereocenters. The lowest BCUT2D eigenvalue weighted by atomic mass is 9.89. The molecule has 0 aromatic heterocycles. The summed E-state index contributed by atoms with van der Waals surface area (Å²) in [5.41, 5.74) is 1.93. The Morgan fingerprint density at radius 3 is 2.09 bits per heavy atom. The number of carbonyl (C=O) groups is 1. The van der Waals surface area contributed by atoms with Crippen LogP contribution >= 0.6 is 0 Å². The molecule has 2 saturated heterocycles. The molecule has 0 spiro atoms. The van der Waals surface area contributed by atoms with E-state index < -0.39 is 10.0 Å². The Bertz CT molecular complexity index is 995. The Hall–Kier alpha value is -2.25. The van der Waals surface area contributed by atoms with Gasteiger partial charge in [0.15, 0.2) is 0 Å². The molecule has 0 unspecified atom stereocenters. The van der Waals surface area contributed by atoms with Gasteiger partial charge in [-0.3, -0.25) is 4.79 Å². The molecule has 4 rings (SSSR count). The minimum atomic E-state index is -3.47. The first-order valence-electron chi connectivity index (χ1n) is 11.5. The minimum absolute atomic E-state index is 0.0991. The highest BCUT2D eigenvalue weighted by atomic mass is 32.2. The zero-order valence-electron chi connectivity index (χ0n) is 18.3. The molecule has 2 aromatic carbocycles. The summed E-state index contributed by atoms with van der Waals surface area (Å²) in [6, 6.07) is 16.1.